The average Bonchev–Trinajstić information content (AvgIpc) is 2.40. The van der Waals surface area contributed by atoms with Gasteiger partial charge in [0.2, 0.25) is 0 Å². The lowest BCUT2D eigenvalue weighted by atomic mass is 9.96. The molecular weight excluding hydrogens is 214 g/mol. The van der Waals surface area contributed by atoms with Crippen LogP contribution in [0.5, 0.6) is 0 Å². The van der Waals surface area contributed by atoms with Crippen LogP contribution >= 0.6 is 0 Å². The van der Waals surface area contributed by atoms with Crippen LogP contribution in [-0.4, -0.2) is 12.2 Å². The van der Waals surface area contributed by atoms with Crippen LogP contribution in [0.3, 0.4) is 0 Å². The van der Waals surface area contributed by atoms with Crippen LogP contribution in [-0.2, 0) is 9.59 Å². The van der Waals surface area contributed by atoms with Gasteiger partial charge in [0.25, 0.3) is 0 Å². The Morgan fingerprint density at radius 2 is 2.00 bits per heavy atom. The maximum Gasteiger partial charge on any atom is 0.132 e. The Balaban J connectivity index is 2.19. The first-order valence-corrected chi connectivity index (χ1v) is 5.26. The van der Waals surface area contributed by atoms with Gasteiger partial charge in [-0.2, -0.15) is 0 Å². The molecule has 0 saturated heterocycles. The minimum Gasteiger partial charge on any atom is -0.356 e. The SMILES string of the molecule is O=C=C1C=C(Nc2ccccc2)C=CC1C=O. The molecule has 1 aromatic rings. The highest BCUT2D eigenvalue weighted by molar-refractivity contribution is 5.75. The fraction of sp³-hybridized carbons (Fsp3) is 0.0714. The first kappa shape index (κ1) is 11.1. The fourth-order valence-electron chi connectivity index (χ4n) is 1.60. The molecule has 17 heavy (non-hydrogen) atoms. The van der Waals surface area contributed by atoms with E-state index in [0.717, 1.165) is 17.7 Å². The summed E-state index contributed by atoms with van der Waals surface area (Å²) in [6.07, 6.45) is 5.83. The molecule has 0 aliphatic heterocycles. The maximum absolute atomic E-state index is 10.7. The highest BCUT2D eigenvalue weighted by Crippen LogP contribution is 2.20. The largest absolute Gasteiger partial charge is 0.356 e. The molecule has 3 nitrogen and oxygen atoms in total. The molecule has 1 unspecified atom stereocenters. The Morgan fingerprint density at radius 1 is 1.24 bits per heavy atom. The standard InChI is InChI=1S/C14H11NO2/c16-9-11-6-7-14(8-12(11)10-17)15-13-4-2-1-3-5-13/h1-9,11,15H. The lowest BCUT2D eigenvalue weighted by molar-refractivity contribution is -0.109. The Morgan fingerprint density at radius 3 is 2.65 bits per heavy atom. The van der Waals surface area contributed by atoms with Crippen LogP contribution in [0.25, 0.3) is 0 Å². The van der Waals surface area contributed by atoms with Crippen LogP contribution < -0.4 is 5.32 Å². The molecule has 2 rings (SSSR count). The summed E-state index contributed by atoms with van der Waals surface area (Å²) in [5.41, 5.74) is 2.05. The van der Waals surface area contributed by atoms with Gasteiger partial charge in [-0.15, -0.1) is 0 Å². The number of para-hydroxylation sites is 1. The van der Waals surface area contributed by atoms with Gasteiger partial charge in [-0.1, -0.05) is 24.3 Å². The summed E-state index contributed by atoms with van der Waals surface area (Å²) in [6.45, 7) is 0. The van der Waals surface area contributed by atoms with Crippen molar-refractivity contribution in [1.29, 1.82) is 0 Å². The van der Waals surface area contributed by atoms with E-state index < -0.39 is 5.92 Å². The molecule has 0 bridgehead atoms. The number of hydrogen-bond acceptors (Lipinski definition) is 3. The number of anilines is 1. The van der Waals surface area contributed by atoms with Gasteiger partial charge >= 0.3 is 0 Å². The van der Waals surface area contributed by atoms with E-state index in [9.17, 15) is 9.59 Å². The van der Waals surface area contributed by atoms with Gasteiger partial charge in [0, 0.05) is 11.4 Å². The fourth-order valence-corrected chi connectivity index (χ4v) is 1.60. The van der Waals surface area contributed by atoms with Crippen LogP contribution in [0.1, 0.15) is 0 Å². The van der Waals surface area contributed by atoms with Gasteiger partial charge < -0.3 is 10.1 Å². The molecule has 1 aromatic carbocycles. The van der Waals surface area contributed by atoms with E-state index in [0.29, 0.717) is 5.57 Å². The predicted octanol–water partition coefficient (Wildman–Crippen LogP) is 2.13. The molecular formula is C14H11NO2. The summed E-state index contributed by atoms with van der Waals surface area (Å²) >= 11 is 0. The lowest BCUT2D eigenvalue weighted by Gasteiger charge is -2.13. The third-order valence-electron chi connectivity index (χ3n) is 2.48. The molecule has 1 N–H and O–H groups in total. The van der Waals surface area contributed by atoms with E-state index in [1.54, 1.807) is 24.2 Å². The number of aldehydes is 1. The number of benzene rings is 1. The van der Waals surface area contributed by atoms with Crippen LogP contribution in [0.4, 0.5) is 5.69 Å². The molecule has 1 aliphatic rings. The van der Waals surface area contributed by atoms with E-state index in [1.807, 2.05) is 30.3 Å². The second-order valence-corrected chi connectivity index (χ2v) is 3.67. The number of carbonyl (C=O) groups is 1. The molecule has 1 aliphatic carbocycles. The van der Waals surface area contributed by atoms with Crippen molar-refractivity contribution in [3.05, 3.63) is 59.8 Å². The molecule has 0 amide bonds. The van der Waals surface area contributed by atoms with Crippen LogP contribution in [0.15, 0.2) is 59.8 Å². The molecule has 0 saturated carbocycles. The van der Waals surface area contributed by atoms with E-state index in [2.05, 4.69) is 5.32 Å². The van der Waals surface area contributed by atoms with Crippen molar-refractivity contribution in [1.82, 2.24) is 0 Å². The molecule has 0 heterocycles. The van der Waals surface area contributed by atoms with Crippen molar-refractivity contribution in [3.8, 4) is 0 Å². The summed E-state index contributed by atoms with van der Waals surface area (Å²) in [7, 11) is 0. The van der Waals surface area contributed by atoms with Crippen molar-refractivity contribution >= 4 is 17.9 Å². The number of hydrogen-bond donors (Lipinski definition) is 1. The van der Waals surface area contributed by atoms with Crippen molar-refractivity contribution in [3.63, 3.8) is 0 Å². The van der Waals surface area contributed by atoms with E-state index in [4.69, 9.17) is 0 Å². The lowest BCUT2D eigenvalue weighted by Crippen LogP contribution is -2.09. The maximum atomic E-state index is 10.7. The molecule has 0 fully saturated rings. The first-order valence-electron chi connectivity index (χ1n) is 5.26. The minimum atomic E-state index is -0.478. The van der Waals surface area contributed by atoms with Crippen LogP contribution in [0, 0.1) is 5.92 Å². The van der Waals surface area contributed by atoms with E-state index in [1.165, 1.54) is 0 Å². The predicted molar refractivity (Wildman–Crippen MR) is 66.0 cm³/mol. The zero-order chi connectivity index (χ0) is 12.1. The normalized spacial score (nSPS) is 18.2. The molecule has 0 radical (unpaired) electrons. The van der Waals surface area contributed by atoms with Gasteiger partial charge in [0.1, 0.15) is 12.2 Å². The highest BCUT2D eigenvalue weighted by atomic mass is 16.1. The van der Waals surface area contributed by atoms with Crippen molar-refractivity contribution in [2.45, 2.75) is 0 Å². The summed E-state index contributed by atoms with van der Waals surface area (Å²) in [6, 6.07) is 9.60. The van der Waals surface area contributed by atoms with Crippen molar-refractivity contribution in [2.24, 2.45) is 5.92 Å². The number of carbonyl (C=O) groups excluding carboxylic acids is 2. The van der Waals surface area contributed by atoms with Gasteiger partial charge in [-0.25, -0.2) is 4.79 Å². The zero-order valence-electron chi connectivity index (χ0n) is 9.09. The van der Waals surface area contributed by atoms with Gasteiger partial charge in [-0.05, 0) is 24.3 Å². The zero-order valence-corrected chi connectivity index (χ0v) is 9.09. The van der Waals surface area contributed by atoms with Crippen molar-refractivity contribution < 1.29 is 9.59 Å². The Bertz CT molecular complexity index is 522. The molecule has 84 valence electrons. The number of allylic oxidation sites excluding steroid dienone is 4. The van der Waals surface area contributed by atoms with Crippen LogP contribution in [0.2, 0.25) is 0 Å². The Labute approximate surface area is 99.1 Å². The molecule has 0 aromatic heterocycles. The summed E-state index contributed by atoms with van der Waals surface area (Å²) in [4.78, 5) is 21.4. The topological polar surface area (TPSA) is 46.2 Å². The Hall–Kier alpha value is -2.38. The quantitative estimate of drug-likeness (QED) is 0.633. The summed E-state index contributed by atoms with van der Waals surface area (Å²) < 4.78 is 0. The summed E-state index contributed by atoms with van der Waals surface area (Å²) in [5, 5.41) is 3.15. The minimum absolute atomic E-state index is 0.348. The third-order valence-corrected chi connectivity index (χ3v) is 2.48. The highest BCUT2D eigenvalue weighted by Gasteiger charge is 2.14. The molecule has 3 heteroatoms. The smallest absolute Gasteiger partial charge is 0.132 e. The molecule has 0 spiro atoms. The third kappa shape index (κ3) is 2.60. The van der Waals surface area contributed by atoms with Gasteiger partial charge in [0.15, 0.2) is 0 Å². The second kappa shape index (κ2) is 5.10. The van der Waals surface area contributed by atoms with E-state index >= 15 is 0 Å². The average molecular weight is 225 g/mol. The Kier molecular flexibility index (Phi) is 3.34. The second-order valence-electron chi connectivity index (χ2n) is 3.67. The monoisotopic (exact) mass is 225 g/mol. The number of rotatable bonds is 3. The summed E-state index contributed by atoms with van der Waals surface area (Å²) in [5.74, 6) is 1.31. The van der Waals surface area contributed by atoms with E-state index in [-0.39, 0.29) is 0 Å². The van der Waals surface area contributed by atoms with Gasteiger partial charge in [0.05, 0.1) is 11.5 Å². The molecule has 1 atom stereocenters. The number of nitrogens with one attached hydrogen (secondary N) is 1. The van der Waals surface area contributed by atoms with Gasteiger partial charge in [-0.3, -0.25) is 0 Å². The van der Waals surface area contributed by atoms with Crippen molar-refractivity contribution in [2.75, 3.05) is 5.32 Å². The first-order chi connectivity index (χ1) is 8.33.